The first-order chi connectivity index (χ1) is 8.40. The SMILES string of the molecule is CNC(=O)CNS(=O)(=O)c1ccc(CN)c(C)c1. The Balaban J connectivity index is 2.92. The quantitative estimate of drug-likeness (QED) is 0.670. The fraction of sp³-hybridized carbons (Fsp3) is 0.364. The fourth-order valence-corrected chi connectivity index (χ4v) is 2.46. The number of amides is 1. The molecule has 0 aromatic heterocycles. The molecule has 4 N–H and O–H groups in total. The minimum absolute atomic E-state index is 0.126. The monoisotopic (exact) mass is 271 g/mol. The summed E-state index contributed by atoms with van der Waals surface area (Å²) >= 11 is 0. The molecule has 0 spiro atoms. The fourth-order valence-electron chi connectivity index (χ4n) is 1.40. The van der Waals surface area contributed by atoms with Crippen molar-refractivity contribution in [2.75, 3.05) is 13.6 Å². The maximum Gasteiger partial charge on any atom is 0.241 e. The molecule has 7 heteroatoms. The van der Waals surface area contributed by atoms with Crippen molar-refractivity contribution in [2.24, 2.45) is 5.73 Å². The largest absolute Gasteiger partial charge is 0.358 e. The van der Waals surface area contributed by atoms with Crippen LogP contribution in [0.5, 0.6) is 0 Å². The Hall–Kier alpha value is -1.44. The molecule has 0 heterocycles. The van der Waals surface area contributed by atoms with E-state index in [4.69, 9.17) is 5.73 Å². The van der Waals surface area contributed by atoms with E-state index in [0.29, 0.717) is 6.54 Å². The zero-order chi connectivity index (χ0) is 13.8. The molecule has 0 fully saturated rings. The number of carbonyl (C=O) groups excluding carboxylic acids is 1. The Bertz CT molecular complexity index is 540. The highest BCUT2D eigenvalue weighted by Crippen LogP contribution is 2.14. The smallest absolute Gasteiger partial charge is 0.241 e. The van der Waals surface area contributed by atoms with Crippen LogP contribution in [-0.4, -0.2) is 27.9 Å². The van der Waals surface area contributed by atoms with Crippen LogP contribution < -0.4 is 15.8 Å². The van der Waals surface area contributed by atoms with Gasteiger partial charge in [-0.1, -0.05) is 6.07 Å². The predicted molar refractivity (Wildman–Crippen MR) is 68.3 cm³/mol. The van der Waals surface area contributed by atoms with Gasteiger partial charge in [-0.2, -0.15) is 0 Å². The van der Waals surface area contributed by atoms with Crippen molar-refractivity contribution in [1.29, 1.82) is 0 Å². The van der Waals surface area contributed by atoms with Crippen molar-refractivity contribution in [3.8, 4) is 0 Å². The van der Waals surface area contributed by atoms with Crippen LogP contribution in [0.2, 0.25) is 0 Å². The molecule has 0 bridgehead atoms. The molecule has 100 valence electrons. The normalized spacial score (nSPS) is 11.3. The third kappa shape index (κ3) is 3.52. The summed E-state index contributed by atoms with van der Waals surface area (Å²) in [6, 6.07) is 4.68. The third-order valence-electron chi connectivity index (χ3n) is 2.55. The molecule has 0 atom stereocenters. The summed E-state index contributed by atoms with van der Waals surface area (Å²) in [5.74, 6) is -0.395. The lowest BCUT2D eigenvalue weighted by atomic mass is 10.1. The molecule has 0 aliphatic rings. The molecule has 0 aliphatic carbocycles. The van der Waals surface area contributed by atoms with Gasteiger partial charge < -0.3 is 11.1 Å². The molecule has 1 aromatic rings. The molecular formula is C11H17N3O3S. The summed E-state index contributed by atoms with van der Waals surface area (Å²) in [5.41, 5.74) is 7.20. The van der Waals surface area contributed by atoms with Gasteiger partial charge in [0.15, 0.2) is 0 Å². The number of hydrogen-bond acceptors (Lipinski definition) is 4. The van der Waals surface area contributed by atoms with E-state index in [0.717, 1.165) is 11.1 Å². The zero-order valence-corrected chi connectivity index (χ0v) is 11.2. The zero-order valence-electron chi connectivity index (χ0n) is 10.4. The second-order valence-corrected chi connectivity index (χ2v) is 5.56. The topological polar surface area (TPSA) is 101 Å². The standard InChI is InChI=1S/C11H17N3O3S/c1-8-5-10(4-3-9(8)6-12)18(16,17)14-7-11(15)13-2/h3-5,14H,6-7,12H2,1-2H3,(H,13,15). The number of hydrogen-bond donors (Lipinski definition) is 3. The number of likely N-dealkylation sites (N-methyl/N-ethyl adjacent to an activating group) is 1. The van der Waals surface area contributed by atoms with E-state index in [2.05, 4.69) is 10.0 Å². The highest BCUT2D eigenvalue weighted by Gasteiger charge is 2.15. The van der Waals surface area contributed by atoms with Crippen LogP contribution >= 0.6 is 0 Å². The van der Waals surface area contributed by atoms with Crippen LogP contribution in [0.4, 0.5) is 0 Å². The first kappa shape index (κ1) is 14.6. The van der Waals surface area contributed by atoms with Crippen LogP contribution in [0.1, 0.15) is 11.1 Å². The second kappa shape index (κ2) is 5.94. The summed E-state index contributed by atoms with van der Waals surface area (Å²) in [6.45, 7) is 1.87. The first-order valence-electron chi connectivity index (χ1n) is 5.40. The molecule has 0 saturated heterocycles. The summed E-state index contributed by atoms with van der Waals surface area (Å²) < 4.78 is 26.0. The molecule has 18 heavy (non-hydrogen) atoms. The van der Waals surface area contributed by atoms with E-state index in [1.54, 1.807) is 13.0 Å². The van der Waals surface area contributed by atoms with E-state index in [1.165, 1.54) is 19.2 Å². The third-order valence-corrected chi connectivity index (χ3v) is 3.94. The molecule has 1 amide bonds. The van der Waals surface area contributed by atoms with Crippen LogP contribution in [0.25, 0.3) is 0 Å². The number of carbonyl (C=O) groups is 1. The van der Waals surface area contributed by atoms with Gasteiger partial charge in [-0.15, -0.1) is 0 Å². The van der Waals surface area contributed by atoms with E-state index >= 15 is 0 Å². The minimum atomic E-state index is -3.66. The minimum Gasteiger partial charge on any atom is -0.358 e. The number of nitrogens with two attached hydrogens (primary N) is 1. The van der Waals surface area contributed by atoms with Crippen LogP contribution in [0.15, 0.2) is 23.1 Å². The molecule has 0 unspecified atom stereocenters. The van der Waals surface area contributed by atoms with Crippen molar-refractivity contribution in [3.05, 3.63) is 29.3 Å². The molecule has 1 aromatic carbocycles. The van der Waals surface area contributed by atoms with Crippen molar-refractivity contribution in [3.63, 3.8) is 0 Å². The summed E-state index contributed by atoms with van der Waals surface area (Å²) in [6.07, 6.45) is 0. The van der Waals surface area contributed by atoms with Gasteiger partial charge in [0.2, 0.25) is 15.9 Å². The molecule has 0 saturated carbocycles. The molecular weight excluding hydrogens is 254 g/mol. The van der Waals surface area contributed by atoms with Gasteiger partial charge in [0.05, 0.1) is 11.4 Å². The summed E-state index contributed by atoms with van der Waals surface area (Å²) in [7, 11) is -2.22. The second-order valence-electron chi connectivity index (χ2n) is 3.79. The predicted octanol–water partition coefficient (Wildman–Crippen LogP) is -0.522. The maximum absolute atomic E-state index is 11.9. The molecule has 1 rings (SSSR count). The average molecular weight is 271 g/mol. The number of benzene rings is 1. The average Bonchev–Trinajstić information content (AvgIpc) is 2.35. The van der Waals surface area contributed by atoms with E-state index in [1.807, 2.05) is 0 Å². The Morgan fingerprint density at radius 3 is 2.56 bits per heavy atom. The lowest BCUT2D eigenvalue weighted by Crippen LogP contribution is -2.35. The van der Waals surface area contributed by atoms with Gasteiger partial charge in [0.25, 0.3) is 0 Å². The van der Waals surface area contributed by atoms with Crippen molar-refractivity contribution >= 4 is 15.9 Å². The van der Waals surface area contributed by atoms with Crippen molar-refractivity contribution in [1.82, 2.24) is 10.0 Å². The van der Waals surface area contributed by atoms with Gasteiger partial charge in [0, 0.05) is 13.6 Å². The van der Waals surface area contributed by atoms with Gasteiger partial charge in [-0.3, -0.25) is 4.79 Å². The Kier molecular flexibility index (Phi) is 4.83. The van der Waals surface area contributed by atoms with Gasteiger partial charge in [-0.05, 0) is 30.2 Å². The van der Waals surface area contributed by atoms with E-state index in [-0.39, 0.29) is 11.4 Å². The van der Waals surface area contributed by atoms with Crippen molar-refractivity contribution < 1.29 is 13.2 Å². The van der Waals surface area contributed by atoms with Gasteiger partial charge in [-0.25, -0.2) is 13.1 Å². The van der Waals surface area contributed by atoms with Crippen LogP contribution in [0, 0.1) is 6.92 Å². The molecule has 0 radical (unpaired) electrons. The molecule has 0 aliphatic heterocycles. The Labute approximate surface area is 107 Å². The van der Waals surface area contributed by atoms with Crippen molar-refractivity contribution in [2.45, 2.75) is 18.4 Å². The maximum atomic E-state index is 11.9. The van der Waals surface area contributed by atoms with Gasteiger partial charge in [0.1, 0.15) is 0 Å². The number of aryl methyl sites for hydroxylation is 1. The van der Waals surface area contributed by atoms with E-state index < -0.39 is 15.9 Å². The number of sulfonamides is 1. The highest BCUT2D eigenvalue weighted by atomic mass is 32.2. The van der Waals surface area contributed by atoms with Crippen LogP contribution in [-0.2, 0) is 21.4 Å². The number of rotatable bonds is 5. The molecule has 6 nitrogen and oxygen atoms in total. The van der Waals surface area contributed by atoms with Crippen LogP contribution in [0.3, 0.4) is 0 Å². The lowest BCUT2D eigenvalue weighted by Gasteiger charge is -2.09. The summed E-state index contributed by atoms with van der Waals surface area (Å²) in [5, 5.41) is 2.34. The van der Waals surface area contributed by atoms with E-state index in [9.17, 15) is 13.2 Å². The Morgan fingerprint density at radius 2 is 2.06 bits per heavy atom. The first-order valence-corrected chi connectivity index (χ1v) is 6.89. The summed E-state index contributed by atoms with van der Waals surface area (Å²) in [4.78, 5) is 11.1. The highest BCUT2D eigenvalue weighted by molar-refractivity contribution is 7.89. The Morgan fingerprint density at radius 1 is 1.39 bits per heavy atom. The van der Waals surface area contributed by atoms with Gasteiger partial charge >= 0.3 is 0 Å². The number of nitrogens with one attached hydrogen (secondary N) is 2. The lowest BCUT2D eigenvalue weighted by molar-refractivity contribution is -0.119.